The lowest BCUT2D eigenvalue weighted by Crippen LogP contribution is -1.97. The molecule has 0 saturated carbocycles. The second-order valence-corrected chi connectivity index (χ2v) is 2.34. The standard InChI is InChI=1S/C9H13N3.2C2H6/c1-3-5-6-7-9-8-10-12(4-2)11-9;2*1-2/h3,5-8H,4H2,1-2H3;2*1-2H3/b5-3-,7-6-;;. The molecule has 0 aliphatic rings. The summed E-state index contributed by atoms with van der Waals surface area (Å²) in [5.41, 5.74) is 0.898. The third kappa shape index (κ3) is 7.97. The molecule has 1 rings (SSSR count). The third-order valence-corrected chi connectivity index (χ3v) is 1.41. The molecule has 0 N–H and O–H groups in total. The van der Waals surface area contributed by atoms with Crippen LogP contribution in [0.3, 0.4) is 0 Å². The highest BCUT2D eigenvalue weighted by Gasteiger charge is 1.91. The van der Waals surface area contributed by atoms with Crippen molar-refractivity contribution in [2.24, 2.45) is 0 Å². The molecule has 0 aromatic carbocycles. The van der Waals surface area contributed by atoms with E-state index in [-0.39, 0.29) is 0 Å². The fourth-order valence-electron chi connectivity index (χ4n) is 0.805. The summed E-state index contributed by atoms with van der Waals surface area (Å²) in [6, 6.07) is 0. The number of rotatable bonds is 3. The molecule has 0 aliphatic heterocycles. The summed E-state index contributed by atoms with van der Waals surface area (Å²) in [6.07, 6.45) is 9.57. The van der Waals surface area contributed by atoms with Gasteiger partial charge in [-0.15, -0.1) is 0 Å². The van der Waals surface area contributed by atoms with Crippen molar-refractivity contribution in [1.82, 2.24) is 15.0 Å². The van der Waals surface area contributed by atoms with Gasteiger partial charge in [-0.05, 0) is 19.9 Å². The van der Waals surface area contributed by atoms with Crippen LogP contribution in [0.4, 0.5) is 0 Å². The second-order valence-electron chi connectivity index (χ2n) is 2.34. The number of hydrogen-bond donors (Lipinski definition) is 0. The molecule has 0 unspecified atom stereocenters. The van der Waals surface area contributed by atoms with Crippen molar-refractivity contribution in [2.75, 3.05) is 0 Å². The molecular weight excluding hydrogens is 198 g/mol. The Morgan fingerprint density at radius 3 is 2.25 bits per heavy atom. The van der Waals surface area contributed by atoms with Gasteiger partial charge in [0.25, 0.3) is 0 Å². The molecule has 0 saturated heterocycles. The van der Waals surface area contributed by atoms with Gasteiger partial charge >= 0.3 is 0 Å². The largest absolute Gasteiger partial charge is 0.185 e. The topological polar surface area (TPSA) is 30.7 Å². The quantitative estimate of drug-likeness (QED) is 0.727. The van der Waals surface area contributed by atoms with Crippen LogP contribution in [0.2, 0.25) is 0 Å². The normalized spacial score (nSPS) is 9.62. The maximum absolute atomic E-state index is 4.19. The first kappa shape index (κ1) is 17.0. The van der Waals surface area contributed by atoms with Gasteiger partial charge in [0.1, 0.15) is 5.69 Å². The van der Waals surface area contributed by atoms with Crippen LogP contribution in [0.1, 0.15) is 47.2 Å². The zero-order valence-electron chi connectivity index (χ0n) is 11.4. The molecule has 0 aliphatic carbocycles. The van der Waals surface area contributed by atoms with Crippen molar-refractivity contribution < 1.29 is 0 Å². The zero-order valence-corrected chi connectivity index (χ0v) is 11.4. The molecule has 0 amide bonds. The van der Waals surface area contributed by atoms with E-state index >= 15 is 0 Å². The van der Waals surface area contributed by atoms with Gasteiger partial charge in [0, 0.05) is 0 Å². The van der Waals surface area contributed by atoms with E-state index in [2.05, 4.69) is 10.2 Å². The summed E-state index contributed by atoms with van der Waals surface area (Å²) in [5, 5.41) is 8.23. The van der Waals surface area contributed by atoms with Crippen LogP contribution in [0.5, 0.6) is 0 Å². The van der Waals surface area contributed by atoms with Crippen LogP contribution < -0.4 is 0 Å². The van der Waals surface area contributed by atoms with Crippen molar-refractivity contribution in [3.8, 4) is 0 Å². The second kappa shape index (κ2) is 13.6. The predicted octanol–water partition coefficient (Wildman–Crippen LogP) is 3.94. The molecule has 0 atom stereocenters. The Balaban J connectivity index is 0. The first-order valence-corrected chi connectivity index (χ1v) is 6.06. The monoisotopic (exact) mass is 223 g/mol. The summed E-state index contributed by atoms with van der Waals surface area (Å²) in [6.45, 7) is 12.8. The van der Waals surface area contributed by atoms with Crippen molar-refractivity contribution in [3.05, 3.63) is 30.1 Å². The minimum Gasteiger partial charge on any atom is -0.185 e. The van der Waals surface area contributed by atoms with Gasteiger partial charge in [0.2, 0.25) is 0 Å². The first-order chi connectivity index (χ1) is 7.86. The molecule has 1 aromatic heterocycles. The van der Waals surface area contributed by atoms with Gasteiger partial charge in [0.15, 0.2) is 0 Å². The van der Waals surface area contributed by atoms with Crippen LogP contribution in [-0.4, -0.2) is 15.0 Å². The Hall–Kier alpha value is -1.38. The zero-order chi connectivity index (χ0) is 12.8. The molecule has 0 bridgehead atoms. The summed E-state index contributed by atoms with van der Waals surface area (Å²) in [5.74, 6) is 0. The van der Waals surface area contributed by atoms with Crippen LogP contribution >= 0.6 is 0 Å². The SMILES string of the molecule is C/C=C\C=C/c1cnn(CC)n1.CC.CC. The summed E-state index contributed by atoms with van der Waals surface area (Å²) < 4.78 is 0. The van der Waals surface area contributed by atoms with E-state index in [1.54, 1.807) is 11.0 Å². The van der Waals surface area contributed by atoms with Crippen LogP contribution in [-0.2, 0) is 6.54 Å². The first-order valence-electron chi connectivity index (χ1n) is 6.06. The number of aromatic nitrogens is 3. The number of aryl methyl sites for hydroxylation is 1. The fourth-order valence-corrected chi connectivity index (χ4v) is 0.805. The van der Waals surface area contributed by atoms with Crippen molar-refractivity contribution in [3.63, 3.8) is 0 Å². The lowest BCUT2D eigenvalue weighted by molar-refractivity contribution is 0.568. The van der Waals surface area contributed by atoms with Crippen LogP contribution in [0.25, 0.3) is 6.08 Å². The predicted molar refractivity (Wildman–Crippen MR) is 72.2 cm³/mol. The lowest BCUT2D eigenvalue weighted by Gasteiger charge is -1.87. The van der Waals surface area contributed by atoms with Gasteiger partial charge in [-0.2, -0.15) is 15.0 Å². The molecule has 1 aromatic rings. The summed E-state index contributed by atoms with van der Waals surface area (Å²) in [7, 11) is 0. The van der Waals surface area contributed by atoms with Gasteiger partial charge < -0.3 is 0 Å². The Morgan fingerprint density at radius 1 is 1.19 bits per heavy atom. The smallest absolute Gasteiger partial charge is 0.105 e. The highest BCUT2D eigenvalue weighted by atomic mass is 15.5. The van der Waals surface area contributed by atoms with E-state index in [1.807, 2.05) is 65.8 Å². The highest BCUT2D eigenvalue weighted by molar-refractivity contribution is 5.44. The lowest BCUT2D eigenvalue weighted by atomic mass is 10.4. The van der Waals surface area contributed by atoms with E-state index in [1.165, 1.54) is 0 Å². The van der Waals surface area contributed by atoms with E-state index < -0.39 is 0 Å². The van der Waals surface area contributed by atoms with E-state index in [4.69, 9.17) is 0 Å². The van der Waals surface area contributed by atoms with Gasteiger partial charge in [-0.3, -0.25) is 0 Å². The fraction of sp³-hybridized carbons (Fsp3) is 0.538. The van der Waals surface area contributed by atoms with Crippen LogP contribution in [0.15, 0.2) is 24.4 Å². The van der Waals surface area contributed by atoms with E-state index in [9.17, 15) is 0 Å². The number of allylic oxidation sites excluding steroid dienone is 3. The molecular formula is C13H25N3. The van der Waals surface area contributed by atoms with Gasteiger partial charge in [0.05, 0.1) is 12.7 Å². The molecule has 1 heterocycles. The van der Waals surface area contributed by atoms with Crippen molar-refractivity contribution in [1.29, 1.82) is 0 Å². The van der Waals surface area contributed by atoms with Gasteiger partial charge in [-0.25, -0.2) is 0 Å². The average molecular weight is 223 g/mol. The number of hydrogen-bond acceptors (Lipinski definition) is 2. The van der Waals surface area contributed by atoms with E-state index in [0.717, 1.165) is 12.2 Å². The van der Waals surface area contributed by atoms with Gasteiger partial charge in [-0.1, -0.05) is 45.9 Å². The average Bonchev–Trinajstić information content (AvgIpc) is 2.83. The minimum absolute atomic E-state index is 0.817. The number of nitrogens with zero attached hydrogens (tertiary/aromatic N) is 3. The Labute approximate surface area is 99.9 Å². The van der Waals surface area contributed by atoms with Crippen LogP contribution in [0, 0.1) is 0 Å². The van der Waals surface area contributed by atoms with E-state index in [0.29, 0.717) is 0 Å². The Bertz CT molecular complexity index is 285. The maximum atomic E-state index is 4.19. The third-order valence-electron chi connectivity index (χ3n) is 1.41. The minimum atomic E-state index is 0.817. The summed E-state index contributed by atoms with van der Waals surface area (Å²) >= 11 is 0. The van der Waals surface area contributed by atoms with Crippen molar-refractivity contribution >= 4 is 6.08 Å². The molecule has 0 fully saturated rings. The maximum Gasteiger partial charge on any atom is 0.105 e. The van der Waals surface area contributed by atoms with Crippen molar-refractivity contribution in [2.45, 2.75) is 48.1 Å². The Kier molecular flexibility index (Phi) is 14.5. The summed E-state index contributed by atoms with van der Waals surface area (Å²) in [4.78, 5) is 1.66. The molecule has 3 heteroatoms. The molecule has 92 valence electrons. The highest BCUT2D eigenvalue weighted by Crippen LogP contribution is 1.95. The molecule has 16 heavy (non-hydrogen) atoms. The molecule has 0 radical (unpaired) electrons. The Morgan fingerprint density at radius 2 is 1.81 bits per heavy atom. The molecule has 3 nitrogen and oxygen atoms in total. The molecule has 0 spiro atoms.